The summed E-state index contributed by atoms with van der Waals surface area (Å²) in [5.41, 5.74) is 1.69. The van der Waals surface area contributed by atoms with Gasteiger partial charge >= 0.3 is 0 Å². The predicted molar refractivity (Wildman–Crippen MR) is 88.4 cm³/mol. The van der Waals surface area contributed by atoms with Gasteiger partial charge in [0.15, 0.2) is 5.96 Å². The van der Waals surface area contributed by atoms with Crippen molar-refractivity contribution in [2.24, 2.45) is 4.99 Å². The molecule has 0 aliphatic rings. The Kier molecular flexibility index (Phi) is 6.06. The molecule has 114 valence electrons. The highest BCUT2D eigenvalue weighted by atomic mass is 15.2. The minimum absolute atomic E-state index is 0.550. The molecular weight excluding hydrogens is 274 g/mol. The number of aromatic nitrogens is 1. The molecule has 0 amide bonds. The number of nitrogens with one attached hydrogen (secondary N) is 2. The zero-order valence-corrected chi connectivity index (χ0v) is 12.8. The lowest BCUT2D eigenvalue weighted by molar-refractivity contribution is 0.666. The minimum atomic E-state index is 0.550. The van der Waals surface area contributed by atoms with Gasteiger partial charge in [-0.1, -0.05) is 12.1 Å². The molecule has 0 spiro atoms. The average Bonchev–Trinajstić information content (AvgIpc) is 3.06. The predicted octanol–water partition coefficient (Wildman–Crippen LogP) is 2.12. The van der Waals surface area contributed by atoms with Gasteiger partial charge in [-0.2, -0.15) is 5.26 Å². The maximum Gasteiger partial charge on any atom is 0.191 e. The molecular formula is C17H21N5. The van der Waals surface area contributed by atoms with Gasteiger partial charge in [-0.05, 0) is 36.8 Å². The Labute approximate surface area is 131 Å². The monoisotopic (exact) mass is 295 g/mol. The zero-order chi connectivity index (χ0) is 15.6. The molecule has 0 saturated carbocycles. The van der Waals surface area contributed by atoms with Crippen LogP contribution in [-0.4, -0.2) is 23.6 Å². The molecule has 5 nitrogen and oxygen atoms in total. The molecule has 0 saturated heterocycles. The van der Waals surface area contributed by atoms with E-state index in [2.05, 4.69) is 26.3 Å². The fourth-order valence-corrected chi connectivity index (χ4v) is 2.07. The van der Waals surface area contributed by atoms with Gasteiger partial charge < -0.3 is 15.2 Å². The molecule has 0 unspecified atom stereocenters. The van der Waals surface area contributed by atoms with Crippen LogP contribution in [0, 0.1) is 11.3 Å². The third-order valence-corrected chi connectivity index (χ3v) is 3.15. The quantitative estimate of drug-likeness (QED) is 0.634. The second-order valence-corrected chi connectivity index (χ2v) is 4.85. The van der Waals surface area contributed by atoms with Gasteiger partial charge in [0, 0.05) is 32.0 Å². The van der Waals surface area contributed by atoms with Crippen LogP contribution in [0.2, 0.25) is 0 Å². The van der Waals surface area contributed by atoms with Crippen molar-refractivity contribution >= 4 is 5.96 Å². The van der Waals surface area contributed by atoms with Crippen molar-refractivity contribution in [3.05, 3.63) is 59.9 Å². The van der Waals surface area contributed by atoms with Gasteiger partial charge in [0.1, 0.15) is 0 Å². The lowest BCUT2D eigenvalue weighted by Gasteiger charge is -2.11. The first-order valence-corrected chi connectivity index (χ1v) is 7.44. The summed E-state index contributed by atoms with van der Waals surface area (Å²) in [6, 6.07) is 13.7. The van der Waals surface area contributed by atoms with E-state index in [4.69, 9.17) is 5.26 Å². The van der Waals surface area contributed by atoms with Crippen molar-refractivity contribution in [1.29, 1.82) is 5.26 Å². The van der Waals surface area contributed by atoms with Crippen LogP contribution in [0.25, 0.3) is 0 Å². The molecule has 1 heterocycles. The highest BCUT2D eigenvalue weighted by molar-refractivity contribution is 5.79. The third-order valence-electron chi connectivity index (χ3n) is 3.15. The van der Waals surface area contributed by atoms with Crippen molar-refractivity contribution in [3.63, 3.8) is 0 Å². The molecule has 0 fully saturated rings. The lowest BCUT2D eigenvalue weighted by atomic mass is 10.1. The number of hydrogen-bond acceptors (Lipinski definition) is 2. The van der Waals surface area contributed by atoms with E-state index in [1.54, 1.807) is 6.07 Å². The van der Waals surface area contributed by atoms with Crippen molar-refractivity contribution in [2.45, 2.75) is 20.0 Å². The molecule has 22 heavy (non-hydrogen) atoms. The van der Waals surface area contributed by atoms with E-state index in [1.165, 1.54) is 0 Å². The van der Waals surface area contributed by atoms with Crippen LogP contribution >= 0.6 is 0 Å². The summed E-state index contributed by atoms with van der Waals surface area (Å²) in [6.45, 7) is 5.10. The molecule has 2 rings (SSSR count). The molecule has 0 aliphatic heterocycles. The van der Waals surface area contributed by atoms with Gasteiger partial charge in [-0.15, -0.1) is 0 Å². The Morgan fingerprint density at radius 1 is 1.23 bits per heavy atom. The van der Waals surface area contributed by atoms with Crippen LogP contribution in [0.4, 0.5) is 0 Å². The van der Waals surface area contributed by atoms with Crippen LogP contribution in [0.1, 0.15) is 18.1 Å². The van der Waals surface area contributed by atoms with Crippen molar-refractivity contribution in [3.8, 4) is 6.07 Å². The van der Waals surface area contributed by atoms with Gasteiger partial charge in [-0.3, -0.25) is 0 Å². The van der Waals surface area contributed by atoms with E-state index >= 15 is 0 Å². The van der Waals surface area contributed by atoms with Crippen LogP contribution in [-0.2, 0) is 13.1 Å². The Morgan fingerprint density at radius 2 is 2.05 bits per heavy atom. The van der Waals surface area contributed by atoms with E-state index in [0.717, 1.165) is 31.2 Å². The number of hydrogen-bond donors (Lipinski definition) is 2. The maximum atomic E-state index is 8.92. The molecule has 2 N–H and O–H groups in total. The summed E-state index contributed by atoms with van der Waals surface area (Å²) in [7, 11) is 0. The second kappa shape index (κ2) is 8.53. The Bertz CT molecular complexity index is 637. The highest BCUT2D eigenvalue weighted by Gasteiger charge is 1.98. The van der Waals surface area contributed by atoms with E-state index in [-0.39, 0.29) is 0 Å². The standard InChI is InChI=1S/C17H21N5/c1-2-19-17(20-8-11-22-9-3-4-10-22)21-14-16-7-5-6-15(12-16)13-18/h3-7,9-10,12H,2,8,11,14H2,1H3,(H2,19,20,21). The van der Waals surface area contributed by atoms with Gasteiger partial charge in [0.2, 0.25) is 0 Å². The first-order valence-electron chi connectivity index (χ1n) is 7.44. The topological polar surface area (TPSA) is 65.1 Å². The molecule has 2 aromatic rings. The molecule has 0 radical (unpaired) electrons. The second-order valence-electron chi connectivity index (χ2n) is 4.85. The van der Waals surface area contributed by atoms with Crippen LogP contribution < -0.4 is 10.6 Å². The van der Waals surface area contributed by atoms with E-state index < -0.39 is 0 Å². The number of rotatable bonds is 6. The summed E-state index contributed by atoms with van der Waals surface area (Å²) in [6.07, 6.45) is 4.08. The van der Waals surface area contributed by atoms with Gasteiger partial charge in [0.25, 0.3) is 0 Å². The first-order chi connectivity index (χ1) is 10.8. The van der Waals surface area contributed by atoms with Crippen molar-refractivity contribution < 1.29 is 0 Å². The van der Waals surface area contributed by atoms with Gasteiger partial charge in [0.05, 0.1) is 18.2 Å². The van der Waals surface area contributed by atoms with Crippen molar-refractivity contribution in [2.75, 3.05) is 13.1 Å². The molecule has 0 atom stereocenters. The van der Waals surface area contributed by atoms with Crippen LogP contribution in [0.5, 0.6) is 0 Å². The smallest absolute Gasteiger partial charge is 0.191 e. The third kappa shape index (κ3) is 4.98. The highest BCUT2D eigenvalue weighted by Crippen LogP contribution is 2.05. The van der Waals surface area contributed by atoms with Gasteiger partial charge in [-0.25, -0.2) is 4.99 Å². The summed E-state index contributed by atoms with van der Waals surface area (Å²) in [4.78, 5) is 4.55. The number of nitriles is 1. The fourth-order valence-electron chi connectivity index (χ4n) is 2.07. The van der Waals surface area contributed by atoms with Crippen LogP contribution in [0.3, 0.4) is 0 Å². The number of aliphatic imine (C=N–C) groups is 1. The molecule has 1 aromatic carbocycles. The normalized spacial score (nSPS) is 11.0. The van der Waals surface area contributed by atoms with E-state index in [1.807, 2.05) is 49.6 Å². The lowest BCUT2D eigenvalue weighted by Crippen LogP contribution is -2.38. The van der Waals surface area contributed by atoms with E-state index in [9.17, 15) is 0 Å². The summed E-state index contributed by atoms with van der Waals surface area (Å²) in [5.74, 6) is 0.789. The largest absolute Gasteiger partial charge is 0.357 e. The molecule has 5 heteroatoms. The minimum Gasteiger partial charge on any atom is -0.357 e. The summed E-state index contributed by atoms with van der Waals surface area (Å²) < 4.78 is 2.12. The van der Waals surface area contributed by atoms with Crippen LogP contribution in [0.15, 0.2) is 53.8 Å². The summed E-state index contributed by atoms with van der Waals surface area (Å²) >= 11 is 0. The zero-order valence-electron chi connectivity index (χ0n) is 12.8. The molecule has 0 bridgehead atoms. The van der Waals surface area contributed by atoms with E-state index in [0.29, 0.717) is 12.1 Å². The first kappa shape index (κ1) is 15.6. The fraction of sp³-hybridized carbons (Fsp3) is 0.294. The van der Waals surface area contributed by atoms with Crippen molar-refractivity contribution in [1.82, 2.24) is 15.2 Å². The number of nitrogens with zero attached hydrogens (tertiary/aromatic N) is 3. The molecule has 1 aromatic heterocycles. The average molecular weight is 295 g/mol. The maximum absolute atomic E-state index is 8.92. The molecule has 0 aliphatic carbocycles. The number of guanidine groups is 1. The Balaban J connectivity index is 1.89. The Morgan fingerprint density at radius 3 is 2.77 bits per heavy atom. The summed E-state index contributed by atoms with van der Waals surface area (Å²) in [5, 5.41) is 15.5. The SMILES string of the molecule is CCNC(=NCc1cccc(C#N)c1)NCCn1cccc1. The number of benzene rings is 1. The Hall–Kier alpha value is -2.74.